The molecule has 23 heteroatoms. The predicted molar refractivity (Wildman–Crippen MR) is 274 cm³/mol. The van der Waals surface area contributed by atoms with Crippen LogP contribution in [0.3, 0.4) is 0 Å². The summed E-state index contributed by atoms with van der Waals surface area (Å²) in [6.07, 6.45) is 4.23. The number of nitrogens with two attached hydrogens (primary N) is 1. The Bertz CT molecular complexity index is 2780. The van der Waals surface area contributed by atoms with Crippen LogP contribution in [0, 0.1) is 17.8 Å². The molecule has 1 aromatic carbocycles. The molecule has 21 nitrogen and oxygen atoms in total. The average molecular weight is 1080 g/mol. The van der Waals surface area contributed by atoms with Crippen molar-refractivity contribution in [1.29, 1.82) is 0 Å². The number of aliphatic hydroxyl groups excluding tert-OH is 1. The third kappa shape index (κ3) is 12.6. The summed E-state index contributed by atoms with van der Waals surface area (Å²) in [5.74, 6) is -6.11. The van der Waals surface area contributed by atoms with Crippen LogP contribution in [0.15, 0.2) is 72.4 Å². The summed E-state index contributed by atoms with van der Waals surface area (Å²) in [5.41, 5.74) is -3.33. The Labute approximate surface area is 444 Å². The summed E-state index contributed by atoms with van der Waals surface area (Å²) >= 11 is 0. The first kappa shape index (κ1) is 58.1. The van der Waals surface area contributed by atoms with Crippen molar-refractivity contribution in [2.75, 3.05) is 27.2 Å². The van der Waals surface area contributed by atoms with E-state index in [4.69, 9.17) is 28.8 Å². The lowest BCUT2D eigenvalue weighted by molar-refractivity contribution is -0.296. The number of esters is 1. The largest absolute Gasteiger partial charge is 0.455 e. The molecule has 76 heavy (non-hydrogen) atoms. The third-order valence-corrected chi connectivity index (χ3v) is 16.6. The number of rotatable bonds is 17. The molecular weight excluding hydrogens is 1010 g/mol. The van der Waals surface area contributed by atoms with Crippen LogP contribution in [-0.4, -0.2) is 163 Å². The lowest BCUT2D eigenvalue weighted by Gasteiger charge is -2.47. The van der Waals surface area contributed by atoms with Crippen molar-refractivity contribution in [3.05, 3.63) is 78.8 Å². The molecule has 3 aliphatic heterocycles. The Balaban J connectivity index is 1.09. The van der Waals surface area contributed by atoms with Crippen molar-refractivity contribution in [3.63, 3.8) is 0 Å². The third-order valence-electron chi connectivity index (χ3n) is 15.6. The minimum absolute atomic E-state index is 0.00112. The Morgan fingerprint density at radius 1 is 1.00 bits per heavy atom. The number of amides is 1. The van der Waals surface area contributed by atoms with Crippen molar-refractivity contribution >= 4 is 33.7 Å². The van der Waals surface area contributed by atoms with Crippen molar-refractivity contribution < 1.29 is 60.8 Å². The highest BCUT2D eigenvalue weighted by Crippen LogP contribution is 2.44. The Morgan fingerprint density at radius 2 is 1.71 bits per heavy atom. The van der Waals surface area contributed by atoms with Gasteiger partial charge in [0.2, 0.25) is 10.0 Å². The number of imidazole rings is 1. The van der Waals surface area contributed by atoms with E-state index in [1.54, 1.807) is 76.4 Å². The van der Waals surface area contributed by atoms with Crippen molar-refractivity contribution in [1.82, 2.24) is 39.3 Å². The average Bonchev–Trinajstić information content (AvgIpc) is 4.13. The number of aromatic nitrogens is 6. The van der Waals surface area contributed by atoms with E-state index in [0.717, 1.165) is 23.7 Å². The van der Waals surface area contributed by atoms with E-state index >= 15 is 4.39 Å². The topological polar surface area (TPSA) is 263 Å². The van der Waals surface area contributed by atoms with Crippen molar-refractivity contribution in [2.24, 2.45) is 22.9 Å². The Morgan fingerprint density at radius 3 is 2.37 bits per heavy atom. The monoisotopic (exact) mass is 1080 g/mol. The number of primary sulfonamides is 1. The second-order valence-corrected chi connectivity index (χ2v) is 23.0. The van der Waals surface area contributed by atoms with Crippen LogP contribution in [0.4, 0.5) is 9.18 Å². The molecule has 1 amide bonds. The number of aliphatic hydroxyl groups is 1. The number of ketones is 2. The second kappa shape index (κ2) is 23.6. The molecule has 3 aliphatic rings. The molecule has 416 valence electrons. The molecule has 3 fully saturated rings. The van der Waals surface area contributed by atoms with Gasteiger partial charge < -0.3 is 43.2 Å². The number of alkyl halides is 1. The summed E-state index contributed by atoms with van der Waals surface area (Å²) in [5, 5.41) is 25.8. The number of Topliss-reactive ketones (excluding diaryl/α,β-unsaturated/α-hetero) is 2. The van der Waals surface area contributed by atoms with Gasteiger partial charge in [-0.2, -0.15) is 0 Å². The number of hydrogen-bond acceptors (Lipinski definition) is 17. The van der Waals surface area contributed by atoms with Gasteiger partial charge >= 0.3 is 12.1 Å². The van der Waals surface area contributed by atoms with Gasteiger partial charge in [0.25, 0.3) is 5.67 Å². The standard InChI is InChI=1S/C53H74FN9O12S/c1-11-42-53(8)45(63(50(68)75-53)23-13-12-22-61-30-40(57-31-61)37-15-14-21-56-27-37)34(4)43(64)32(2)26-51(6,71-10)47(35(5)46(66)52(7,54)49(67)73-42)74-48-44(65)41(25-33(3)72-48)60(9)24-20-38-29-62(59-58-38)28-36-16-18-39(19-17-36)76(55,69)70/h14-19,21,27,29-35,41-42,44-45,47-48,65H,11-13,20,22-26,28H2,1-10H3,(H2,55,69,70)/t32-,33-,34+,35+,41+,42-,44-,45?,47-,48+,51-,52+,53-/m1/s1. The van der Waals surface area contributed by atoms with Gasteiger partial charge in [0.15, 0.2) is 17.7 Å². The number of nitrogens with zero attached hydrogens (tertiary/aromatic N) is 8. The molecule has 3 N–H and O–H groups in total. The maximum atomic E-state index is 17.2. The molecular formula is C53H74FN9O12S. The molecule has 0 radical (unpaired) electrons. The fourth-order valence-corrected chi connectivity index (χ4v) is 11.8. The molecule has 3 saturated heterocycles. The molecule has 6 heterocycles. The molecule has 4 aromatic rings. The van der Waals surface area contributed by atoms with E-state index in [0.29, 0.717) is 51.0 Å². The van der Waals surface area contributed by atoms with Gasteiger partial charge in [0, 0.05) is 87.3 Å². The number of hydrogen-bond donors (Lipinski definition) is 2. The summed E-state index contributed by atoms with van der Waals surface area (Å²) in [7, 11) is -0.613. The number of pyridine rings is 1. The maximum absolute atomic E-state index is 17.2. The number of sulfonamides is 1. The molecule has 13 atom stereocenters. The second-order valence-electron chi connectivity index (χ2n) is 21.4. The smallest absolute Gasteiger partial charge is 0.410 e. The van der Waals surface area contributed by atoms with E-state index in [9.17, 15) is 32.7 Å². The quantitative estimate of drug-likeness (QED) is 0.0807. The first-order valence-corrected chi connectivity index (χ1v) is 27.5. The number of methoxy groups -OCH3 is 1. The van der Waals surface area contributed by atoms with Gasteiger partial charge in [-0.25, -0.2) is 37.2 Å². The molecule has 0 aliphatic carbocycles. The fourth-order valence-electron chi connectivity index (χ4n) is 11.3. The van der Waals surface area contributed by atoms with Crippen molar-refractivity contribution in [3.8, 4) is 11.3 Å². The highest BCUT2D eigenvalue weighted by molar-refractivity contribution is 7.89. The first-order chi connectivity index (χ1) is 35.8. The van der Waals surface area contributed by atoms with E-state index in [2.05, 4.69) is 20.3 Å². The number of carbonyl (C=O) groups excluding carboxylic acids is 4. The molecule has 3 aromatic heterocycles. The normalized spacial score (nSPS) is 32.0. The van der Waals surface area contributed by atoms with Gasteiger partial charge in [-0.3, -0.25) is 14.6 Å². The lowest BCUT2D eigenvalue weighted by Crippen LogP contribution is -2.62. The van der Waals surface area contributed by atoms with E-state index in [-0.39, 0.29) is 30.1 Å². The van der Waals surface area contributed by atoms with Gasteiger partial charge in [0.05, 0.1) is 53.0 Å². The minimum Gasteiger partial charge on any atom is -0.455 e. The number of benzene rings is 1. The van der Waals surface area contributed by atoms with Crippen molar-refractivity contribution in [2.45, 2.75) is 172 Å². The SMILES string of the molecule is CC[C@H]1OC(=O)[C@@](C)(F)C(=O)[C@H](C)[C@@H](O[C@@H]2O[C@H](C)C[C@H](N(C)CCc3cn(Cc4ccc(S(N)(=O)=O)cc4)nn3)[C@H]2O)[C@](C)(OC)C[C@@H](C)C(=O)[C@H](C)C2N(CCCCn3cnc(-c4cccnc4)c3)C(=O)O[C@@]21C. The zero-order chi connectivity index (χ0) is 55.5. The molecule has 1 unspecified atom stereocenters. The van der Waals surface area contributed by atoms with Crippen LogP contribution in [0.1, 0.15) is 98.8 Å². The Hall–Kier alpha value is -5.56. The number of unbranched alkanes of at least 4 members (excludes halogenated alkanes) is 1. The number of halogens is 1. The number of fused-ring (bicyclic) bond motifs is 1. The lowest BCUT2D eigenvalue weighted by atomic mass is 9.73. The van der Waals surface area contributed by atoms with Crippen LogP contribution in [0.5, 0.6) is 0 Å². The molecule has 0 saturated carbocycles. The fraction of sp³-hybridized carbons (Fsp3) is 0.623. The van der Waals surface area contributed by atoms with E-state index in [1.165, 1.54) is 31.1 Å². The van der Waals surface area contributed by atoms with Gasteiger partial charge in [-0.05, 0) is 96.7 Å². The summed E-state index contributed by atoms with van der Waals surface area (Å²) in [6, 6.07) is 8.39. The predicted octanol–water partition coefficient (Wildman–Crippen LogP) is 4.92. The zero-order valence-electron chi connectivity index (χ0n) is 45.1. The van der Waals surface area contributed by atoms with E-state index < -0.39 is 105 Å². The highest BCUT2D eigenvalue weighted by atomic mass is 32.2. The Kier molecular flexibility index (Phi) is 18.0. The van der Waals surface area contributed by atoms with Gasteiger partial charge in [-0.15, -0.1) is 5.10 Å². The number of likely N-dealkylation sites (N-methyl/N-ethyl adjacent to an activating group) is 1. The number of cyclic esters (lactones) is 1. The summed E-state index contributed by atoms with van der Waals surface area (Å²) < 4.78 is 75.3. The number of carbonyl (C=O) groups is 4. The van der Waals surface area contributed by atoms with Crippen LogP contribution >= 0.6 is 0 Å². The highest BCUT2D eigenvalue weighted by Gasteiger charge is 2.62. The maximum Gasteiger partial charge on any atom is 0.410 e. The molecule has 0 bridgehead atoms. The van der Waals surface area contributed by atoms with Gasteiger partial charge in [-0.1, -0.05) is 45.0 Å². The van der Waals surface area contributed by atoms with Crippen LogP contribution in [0.2, 0.25) is 0 Å². The zero-order valence-corrected chi connectivity index (χ0v) is 45.9. The van der Waals surface area contributed by atoms with E-state index in [1.807, 2.05) is 41.8 Å². The summed E-state index contributed by atoms with van der Waals surface area (Å²) in [4.78, 5) is 69.8. The first-order valence-electron chi connectivity index (χ1n) is 26.0. The molecule has 0 spiro atoms. The van der Waals surface area contributed by atoms with Crippen LogP contribution in [-0.2, 0) is 67.6 Å². The minimum atomic E-state index is -3.83. The number of aryl methyl sites for hydroxylation is 1. The summed E-state index contributed by atoms with van der Waals surface area (Å²) in [6.45, 7) is 13.9. The molecule has 7 rings (SSSR count). The van der Waals surface area contributed by atoms with Gasteiger partial charge in [0.1, 0.15) is 18.0 Å². The number of ether oxygens (including phenoxy) is 5. The van der Waals surface area contributed by atoms with Crippen LogP contribution < -0.4 is 5.14 Å². The van der Waals surface area contributed by atoms with Crippen LogP contribution in [0.25, 0.3) is 11.3 Å².